The van der Waals surface area contributed by atoms with Crippen LogP contribution < -0.4 is 5.73 Å². The van der Waals surface area contributed by atoms with Crippen molar-refractivity contribution in [3.63, 3.8) is 0 Å². The molecule has 0 saturated heterocycles. The molecule has 0 atom stereocenters. The average molecular weight is 178 g/mol. The Bertz CT molecular complexity index is 279. The molecule has 0 unspecified atom stereocenters. The number of nitrogens with two attached hydrogens (primary N) is 1. The molecule has 70 valence electrons. The van der Waals surface area contributed by atoms with Crippen molar-refractivity contribution in [2.45, 2.75) is 13.0 Å². The molecule has 0 heterocycles. The average Bonchev–Trinajstić information content (AvgIpc) is 2.08. The number of hydrogen-bond acceptors (Lipinski definition) is 2. The fourth-order valence-electron chi connectivity index (χ4n) is 1.14. The lowest BCUT2D eigenvalue weighted by atomic mass is 10.1. The smallest absolute Gasteiger partial charge is 0.0950 e. The van der Waals surface area contributed by atoms with Gasteiger partial charge in [-0.05, 0) is 11.1 Å². The molecule has 0 saturated carbocycles. The summed E-state index contributed by atoms with van der Waals surface area (Å²) in [4.78, 5) is 0. The third-order valence-corrected chi connectivity index (χ3v) is 1.73. The largest absolute Gasteiger partial charge is 0.387 e. The van der Waals surface area contributed by atoms with Gasteiger partial charge < -0.3 is 10.5 Å². The van der Waals surface area contributed by atoms with E-state index in [0.29, 0.717) is 13.0 Å². The van der Waals surface area contributed by atoms with Crippen molar-refractivity contribution < 1.29 is 4.74 Å². The van der Waals surface area contributed by atoms with Gasteiger partial charge in [0.25, 0.3) is 0 Å². The lowest BCUT2D eigenvalue weighted by molar-refractivity contribution is 0.185. The summed E-state index contributed by atoms with van der Waals surface area (Å²) in [5, 5.41) is 7.12. The van der Waals surface area contributed by atoms with Gasteiger partial charge >= 0.3 is 0 Å². The lowest BCUT2D eigenvalue weighted by Gasteiger charge is -2.02. The van der Waals surface area contributed by atoms with Crippen LogP contribution in [0.5, 0.6) is 0 Å². The zero-order valence-corrected chi connectivity index (χ0v) is 7.71. The Morgan fingerprint density at radius 2 is 1.85 bits per heavy atom. The SMILES string of the molecule is COCc1ccc(CC(=N)N)cc1. The highest BCUT2D eigenvalue weighted by atomic mass is 16.5. The molecule has 0 aromatic heterocycles. The fraction of sp³-hybridized carbons (Fsp3) is 0.300. The van der Waals surface area contributed by atoms with Crippen molar-refractivity contribution in [1.82, 2.24) is 0 Å². The van der Waals surface area contributed by atoms with Crippen molar-refractivity contribution in [2.24, 2.45) is 5.73 Å². The second-order valence-electron chi connectivity index (χ2n) is 2.95. The highest BCUT2D eigenvalue weighted by Crippen LogP contribution is 2.05. The van der Waals surface area contributed by atoms with Crippen LogP contribution in [0.3, 0.4) is 0 Å². The standard InChI is InChI=1S/C10H14N2O/c1-13-7-9-4-2-8(3-5-9)6-10(11)12/h2-5H,6-7H2,1H3,(H3,11,12). The van der Waals surface area contributed by atoms with Crippen LogP contribution in [-0.4, -0.2) is 12.9 Å². The molecule has 13 heavy (non-hydrogen) atoms. The van der Waals surface area contributed by atoms with Crippen LogP contribution in [0.25, 0.3) is 0 Å². The number of methoxy groups -OCH3 is 1. The summed E-state index contributed by atoms with van der Waals surface area (Å²) in [6, 6.07) is 7.91. The maximum atomic E-state index is 7.12. The van der Waals surface area contributed by atoms with Gasteiger partial charge in [0.15, 0.2) is 0 Å². The molecule has 3 N–H and O–H groups in total. The van der Waals surface area contributed by atoms with E-state index in [1.807, 2.05) is 24.3 Å². The van der Waals surface area contributed by atoms with Gasteiger partial charge in [0.1, 0.15) is 0 Å². The third kappa shape index (κ3) is 3.25. The normalized spacial score (nSPS) is 9.92. The van der Waals surface area contributed by atoms with Crippen molar-refractivity contribution in [2.75, 3.05) is 7.11 Å². The van der Waals surface area contributed by atoms with E-state index < -0.39 is 0 Å². The number of amidine groups is 1. The Balaban J connectivity index is 2.64. The fourth-order valence-corrected chi connectivity index (χ4v) is 1.14. The first-order valence-electron chi connectivity index (χ1n) is 4.12. The van der Waals surface area contributed by atoms with Gasteiger partial charge in [-0.25, -0.2) is 0 Å². The van der Waals surface area contributed by atoms with Crippen LogP contribution in [0.1, 0.15) is 11.1 Å². The second kappa shape index (κ2) is 4.62. The van der Waals surface area contributed by atoms with E-state index in [4.69, 9.17) is 15.9 Å². The number of hydrogen-bond donors (Lipinski definition) is 2. The zero-order chi connectivity index (χ0) is 9.68. The molecule has 0 aliphatic rings. The van der Waals surface area contributed by atoms with Gasteiger partial charge in [-0.1, -0.05) is 24.3 Å². The molecule has 0 spiro atoms. The Labute approximate surface area is 78.0 Å². The van der Waals surface area contributed by atoms with Crippen LogP contribution in [0, 0.1) is 5.41 Å². The minimum atomic E-state index is 0.194. The lowest BCUT2D eigenvalue weighted by Crippen LogP contribution is -2.12. The van der Waals surface area contributed by atoms with Crippen LogP contribution >= 0.6 is 0 Å². The number of ether oxygens (including phenoxy) is 1. The number of benzene rings is 1. The molecule has 0 radical (unpaired) electrons. The summed E-state index contributed by atoms with van der Waals surface area (Å²) in [6.07, 6.45) is 0.521. The van der Waals surface area contributed by atoms with E-state index in [-0.39, 0.29) is 5.84 Å². The molecule has 0 aliphatic heterocycles. The molecule has 1 aromatic carbocycles. The van der Waals surface area contributed by atoms with Gasteiger partial charge in [0.05, 0.1) is 12.4 Å². The predicted molar refractivity (Wildman–Crippen MR) is 52.8 cm³/mol. The van der Waals surface area contributed by atoms with E-state index in [9.17, 15) is 0 Å². The molecule has 0 bridgehead atoms. The van der Waals surface area contributed by atoms with Crippen LogP contribution in [0.4, 0.5) is 0 Å². The van der Waals surface area contributed by atoms with Crippen LogP contribution in [0.2, 0.25) is 0 Å². The Morgan fingerprint density at radius 1 is 1.31 bits per heavy atom. The minimum absolute atomic E-state index is 0.194. The van der Waals surface area contributed by atoms with E-state index in [1.54, 1.807) is 7.11 Å². The predicted octanol–water partition coefficient (Wildman–Crippen LogP) is 1.31. The van der Waals surface area contributed by atoms with E-state index >= 15 is 0 Å². The van der Waals surface area contributed by atoms with Crippen molar-refractivity contribution in [1.29, 1.82) is 5.41 Å². The topological polar surface area (TPSA) is 59.1 Å². The first kappa shape index (κ1) is 9.74. The molecule has 3 nitrogen and oxygen atoms in total. The van der Waals surface area contributed by atoms with E-state index in [2.05, 4.69) is 0 Å². The quantitative estimate of drug-likeness (QED) is 0.539. The first-order valence-corrected chi connectivity index (χ1v) is 4.12. The summed E-state index contributed by atoms with van der Waals surface area (Å²) in [7, 11) is 1.67. The minimum Gasteiger partial charge on any atom is -0.387 e. The van der Waals surface area contributed by atoms with Gasteiger partial charge in [-0.3, -0.25) is 5.41 Å². The van der Waals surface area contributed by atoms with Gasteiger partial charge in [-0.2, -0.15) is 0 Å². The van der Waals surface area contributed by atoms with Crippen LogP contribution in [-0.2, 0) is 17.8 Å². The van der Waals surface area contributed by atoms with Crippen molar-refractivity contribution in [3.05, 3.63) is 35.4 Å². The molecule has 1 rings (SSSR count). The summed E-state index contributed by atoms with van der Waals surface area (Å²) in [6.45, 7) is 0.625. The summed E-state index contributed by atoms with van der Waals surface area (Å²) < 4.78 is 4.98. The van der Waals surface area contributed by atoms with Gasteiger partial charge in [0.2, 0.25) is 0 Å². The van der Waals surface area contributed by atoms with Crippen molar-refractivity contribution >= 4 is 5.84 Å². The Hall–Kier alpha value is -1.35. The first-order chi connectivity index (χ1) is 6.22. The molecule has 0 fully saturated rings. The summed E-state index contributed by atoms with van der Waals surface area (Å²) in [5.74, 6) is 0.194. The molecule has 0 amide bonds. The third-order valence-electron chi connectivity index (χ3n) is 1.73. The van der Waals surface area contributed by atoms with Crippen LogP contribution in [0.15, 0.2) is 24.3 Å². The van der Waals surface area contributed by atoms with E-state index in [0.717, 1.165) is 11.1 Å². The Kier molecular flexibility index (Phi) is 3.46. The zero-order valence-electron chi connectivity index (χ0n) is 7.71. The van der Waals surface area contributed by atoms with Gasteiger partial charge in [0, 0.05) is 13.5 Å². The highest BCUT2D eigenvalue weighted by Gasteiger charge is 1.95. The molecule has 1 aromatic rings. The number of nitrogens with one attached hydrogen (secondary N) is 1. The summed E-state index contributed by atoms with van der Waals surface area (Å²) in [5.41, 5.74) is 7.48. The molecule has 0 aliphatic carbocycles. The number of rotatable bonds is 4. The maximum Gasteiger partial charge on any atom is 0.0950 e. The van der Waals surface area contributed by atoms with Gasteiger partial charge in [-0.15, -0.1) is 0 Å². The molecular weight excluding hydrogens is 164 g/mol. The van der Waals surface area contributed by atoms with E-state index in [1.165, 1.54) is 0 Å². The highest BCUT2D eigenvalue weighted by molar-refractivity contribution is 5.79. The summed E-state index contributed by atoms with van der Waals surface area (Å²) >= 11 is 0. The molecular formula is C10H14N2O. The maximum absolute atomic E-state index is 7.12. The van der Waals surface area contributed by atoms with Crippen molar-refractivity contribution in [3.8, 4) is 0 Å². The monoisotopic (exact) mass is 178 g/mol. The second-order valence-corrected chi connectivity index (χ2v) is 2.95. The Morgan fingerprint density at radius 3 is 2.31 bits per heavy atom. The molecule has 3 heteroatoms.